The van der Waals surface area contributed by atoms with Crippen LogP contribution in [0.25, 0.3) is 17.2 Å². The second-order valence-electron chi connectivity index (χ2n) is 9.02. The van der Waals surface area contributed by atoms with Gasteiger partial charge in [0.2, 0.25) is 0 Å². The van der Waals surface area contributed by atoms with E-state index >= 15 is 0 Å². The zero-order valence-electron chi connectivity index (χ0n) is 19.7. The number of anilines is 1. The van der Waals surface area contributed by atoms with Crippen LogP contribution in [-0.2, 0) is 6.18 Å². The molecule has 190 valence electrons. The summed E-state index contributed by atoms with van der Waals surface area (Å²) >= 11 is 1.89. The number of nitrogens with one attached hydrogen (secondary N) is 1. The highest BCUT2D eigenvalue weighted by Crippen LogP contribution is 2.37. The Morgan fingerprint density at radius 2 is 2.00 bits per heavy atom. The molecule has 5 rings (SSSR count). The van der Waals surface area contributed by atoms with Crippen LogP contribution in [0, 0.1) is 5.41 Å². The summed E-state index contributed by atoms with van der Waals surface area (Å²) in [6.45, 7) is 2.13. The number of aromatic nitrogens is 4. The topological polar surface area (TPSA) is 99.4 Å². The van der Waals surface area contributed by atoms with Crippen LogP contribution in [-0.4, -0.2) is 73.7 Å². The molecule has 1 aliphatic carbocycles. The van der Waals surface area contributed by atoms with Crippen LogP contribution in [0.1, 0.15) is 18.4 Å². The minimum absolute atomic E-state index is 0.0439. The van der Waals surface area contributed by atoms with Gasteiger partial charge in [-0.15, -0.1) is 0 Å². The summed E-state index contributed by atoms with van der Waals surface area (Å²) in [6, 6.07) is 4.56. The highest BCUT2D eigenvalue weighted by Gasteiger charge is 2.40. The smallest absolute Gasteiger partial charge is 0.404 e. The van der Waals surface area contributed by atoms with Crippen LogP contribution in [0.4, 0.5) is 19.0 Å². The van der Waals surface area contributed by atoms with Crippen molar-refractivity contribution in [1.29, 1.82) is 5.41 Å². The van der Waals surface area contributed by atoms with Crippen LogP contribution in [0.3, 0.4) is 0 Å². The molecular weight excluding hydrogens is 489 g/mol. The average molecular weight is 517 g/mol. The lowest BCUT2D eigenvalue weighted by molar-refractivity contribution is -0.137. The molecule has 2 aliphatic rings. The number of halogens is 3. The second kappa shape index (κ2) is 9.74. The zero-order valence-corrected chi connectivity index (χ0v) is 20.5. The number of pyridine rings is 1. The van der Waals surface area contributed by atoms with E-state index in [1.807, 2.05) is 11.8 Å². The average Bonchev–Trinajstić information content (AvgIpc) is 3.28. The molecule has 8 nitrogen and oxygen atoms in total. The van der Waals surface area contributed by atoms with Gasteiger partial charge in [0.05, 0.1) is 17.8 Å². The molecule has 1 saturated carbocycles. The lowest BCUT2D eigenvalue weighted by Crippen LogP contribution is -2.60. The number of fused-ring (bicyclic) bond motifs is 1. The van der Waals surface area contributed by atoms with Gasteiger partial charge in [0.1, 0.15) is 17.2 Å². The molecule has 0 spiro atoms. The minimum Gasteiger partial charge on any atom is -0.404 e. The fraction of sp³-hybridized carbons (Fsp3) is 0.417. The summed E-state index contributed by atoms with van der Waals surface area (Å²) in [4.78, 5) is 17.8. The molecule has 3 N–H and O–H groups in total. The van der Waals surface area contributed by atoms with Gasteiger partial charge in [0, 0.05) is 61.3 Å². The Hall–Kier alpha value is -3.12. The van der Waals surface area contributed by atoms with Crippen LogP contribution >= 0.6 is 11.8 Å². The Bertz CT molecular complexity index is 1280. The lowest BCUT2D eigenvalue weighted by Gasteiger charge is -2.50. The Balaban J connectivity index is 1.43. The van der Waals surface area contributed by atoms with Gasteiger partial charge in [0.25, 0.3) is 0 Å². The first-order chi connectivity index (χ1) is 17.3. The van der Waals surface area contributed by atoms with Gasteiger partial charge in [-0.2, -0.15) is 24.9 Å². The van der Waals surface area contributed by atoms with E-state index in [0.29, 0.717) is 40.8 Å². The van der Waals surface area contributed by atoms with Crippen molar-refractivity contribution in [2.45, 2.75) is 36.4 Å². The summed E-state index contributed by atoms with van der Waals surface area (Å²) in [5.41, 5.74) is 6.63. The van der Waals surface area contributed by atoms with Crippen LogP contribution in [0.15, 0.2) is 48.6 Å². The van der Waals surface area contributed by atoms with Gasteiger partial charge in [-0.1, -0.05) is 0 Å². The normalized spacial score (nSPS) is 23.6. The predicted octanol–water partition coefficient (Wildman–Crippen LogP) is 3.69. The van der Waals surface area contributed by atoms with E-state index in [4.69, 9.17) is 16.1 Å². The number of alkyl halides is 3. The van der Waals surface area contributed by atoms with Gasteiger partial charge in [-0.05, 0) is 37.3 Å². The summed E-state index contributed by atoms with van der Waals surface area (Å²) in [7, 11) is 0. The molecule has 4 heterocycles. The third kappa shape index (κ3) is 4.55. The number of imidazole rings is 1. The third-order valence-electron chi connectivity index (χ3n) is 7.06. The van der Waals surface area contributed by atoms with E-state index in [2.05, 4.69) is 26.0 Å². The molecule has 3 aromatic rings. The number of nitrogens with zero attached hydrogens (tertiary/aromatic N) is 6. The van der Waals surface area contributed by atoms with Crippen molar-refractivity contribution in [2.75, 3.05) is 30.8 Å². The number of hydrogen-bond donors (Lipinski definition) is 2. The SMILES string of the molecule is CSC1CC(N2CCN(c3ccnc(-c4cnc5ccc(C(F)(F)F)cn45)n3)CC2/C(C=N)=C/N)C1. The number of rotatable bonds is 6. The van der Waals surface area contributed by atoms with Gasteiger partial charge in [-0.3, -0.25) is 9.30 Å². The van der Waals surface area contributed by atoms with E-state index in [0.717, 1.165) is 43.8 Å². The summed E-state index contributed by atoms with van der Waals surface area (Å²) < 4.78 is 41.2. The van der Waals surface area contributed by atoms with E-state index < -0.39 is 11.7 Å². The Labute approximate surface area is 210 Å². The lowest BCUT2D eigenvalue weighted by atomic mass is 9.87. The number of thioether (sulfide) groups is 1. The maximum absolute atomic E-state index is 13.3. The standard InChI is InChI=1S/C24H27F3N8S/c1-36-18-8-17(9-18)34-7-6-33(14-20(34)15(10-28)11-29)22-4-5-30-23(32-22)19-12-31-21-3-2-16(13-35(19)21)24(25,26)27/h2-5,10-13,17-18,20,28H,6-9,14,29H2,1H3/b15-11+,28-10?. The molecule has 0 radical (unpaired) electrons. The van der Waals surface area contributed by atoms with Crippen LogP contribution in [0.5, 0.6) is 0 Å². The molecule has 1 unspecified atom stereocenters. The first kappa shape index (κ1) is 24.6. The Morgan fingerprint density at radius 3 is 2.69 bits per heavy atom. The fourth-order valence-corrected chi connectivity index (χ4v) is 5.79. The van der Waals surface area contributed by atoms with Gasteiger partial charge in [0.15, 0.2) is 5.82 Å². The van der Waals surface area contributed by atoms with Crippen molar-refractivity contribution in [1.82, 2.24) is 24.3 Å². The molecule has 3 aromatic heterocycles. The van der Waals surface area contributed by atoms with Crippen molar-refractivity contribution in [3.8, 4) is 11.5 Å². The minimum atomic E-state index is -4.47. The highest BCUT2D eigenvalue weighted by molar-refractivity contribution is 7.99. The van der Waals surface area contributed by atoms with Crippen molar-refractivity contribution in [3.05, 3.63) is 54.1 Å². The number of piperazine rings is 1. The monoisotopic (exact) mass is 516 g/mol. The quantitative estimate of drug-likeness (QED) is 0.482. The molecule has 1 atom stereocenters. The summed E-state index contributed by atoms with van der Waals surface area (Å²) in [6.07, 6.45) is 6.85. The van der Waals surface area contributed by atoms with E-state index in [9.17, 15) is 13.2 Å². The number of nitrogens with two attached hydrogens (primary N) is 1. The highest BCUT2D eigenvalue weighted by atomic mass is 32.2. The Morgan fingerprint density at radius 1 is 1.19 bits per heavy atom. The molecule has 0 bridgehead atoms. The van der Waals surface area contributed by atoms with E-state index in [-0.39, 0.29) is 6.04 Å². The molecule has 2 fully saturated rings. The zero-order chi connectivity index (χ0) is 25.4. The molecule has 1 saturated heterocycles. The van der Waals surface area contributed by atoms with E-state index in [1.54, 1.807) is 12.3 Å². The summed E-state index contributed by atoms with van der Waals surface area (Å²) in [5.74, 6) is 0.963. The first-order valence-corrected chi connectivity index (χ1v) is 12.9. The fourth-order valence-electron chi connectivity index (χ4n) is 4.96. The molecular formula is C24H27F3N8S. The maximum atomic E-state index is 13.3. The van der Waals surface area contributed by atoms with Gasteiger partial charge >= 0.3 is 6.18 Å². The Kier molecular flexibility index (Phi) is 6.64. The van der Waals surface area contributed by atoms with Crippen LogP contribution in [0.2, 0.25) is 0 Å². The van der Waals surface area contributed by atoms with E-state index in [1.165, 1.54) is 29.1 Å². The number of hydrogen-bond acceptors (Lipinski definition) is 8. The molecule has 0 aromatic carbocycles. The van der Waals surface area contributed by atoms with Crippen molar-refractivity contribution in [3.63, 3.8) is 0 Å². The molecule has 36 heavy (non-hydrogen) atoms. The first-order valence-electron chi connectivity index (χ1n) is 11.7. The van der Waals surface area contributed by atoms with Crippen LogP contribution < -0.4 is 10.6 Å². The molecule has 12 heteroatoms. The predicted molar refractivity (Wildman–Crippen MR) is 135 cm³/mol. The second-order valence-corrected chi connectivity index (χ2v) is 10.2. The van der Waals surface area contributed by atoms with Gasteiger partial charge in [-0.25, -0.2) is 15.0 Å². The van der Waals surface area contributed by atoms with Crippen molar-refractivity contribution < 1.29 is 13.2 Å². The summed E-state index contributed by atoms with van der Waals surface area (Å²) in [5, 5.41) is 8.55. The van der Waals surface area contributed by atoms with Gasteiger partial charge < -0.3 is 16.0 Å². The largest absolute Gasteiger partial charge is 0.417 e. The third-order valence-corrected chi connectivity index (χ3v) is 8.12. The maximum Gasteiger partial charge on any atom is 0.417 e. The van der Waals surface area contributed by atoms with Crippen molar-refractivity contribution >= 4 is 29.4 Å². The molecule has 0 amide bonds. The van der Waals surface area contributed by atoms with Crippen molar-refractivity contribution in [2.24, 2.45) is 5.73 Å². The molecule has 1 aliphatic heterocycles.